The largest absolute Gasteiger partial charge is 0.384 e. The molecule has 0 saturated carbocycles. The van der Waals surface area contributed by atoms with E-state index in [4.69, 9.17) is 21.1 Å². The molecule has 0 bridgehead atoms. The van der Waals surface area contributed by atoms with Crippen molar-refractivity contribution in [2.75, 3.05) is 26.1 Å². The second kappa shape index (κ2) is 7.84. The van der Waals surface area contributed by atoms with Gasteiger partial charge in [0.2, 0.25) is 0 Å². The summed E-state index contributed by atoms with van der Waals surface area (Å²) in [6.07, 6.45) is 0. The fraction of sp³-hybridized carbons (Fsp3) is 0.600. The number of hydrogen-bond acceptors (Lipinski definition) is 5. The summed E-state index contributed by atoms with van der Waals surface area (Å²) < 4.78 is 10.2. The first-order chi connectivity index (χ1) is 7.76. The fourth-order valence-corrected chi connectivity index (χ4v) is 2.09. The molecule has 16 heavy (non-hydrogen) atoms. The highest BCUT2D eigenvalue weighted by molar-refractivity contribution is 7.99. The van der Waals surface area contributed by atoms with Crippen molar-refractivity contribution in [3.8, 4) is 0 Å². The Bertz CT molecular complexity index is 326. The first-order valence-electron chi connectivity index (χ1n) is 4.99. The van der Waals surface area contributed by atoms with Crippen molar-refractivity contribution in [3.05, 3.63) is 17.0 Å². The number of thioether (sulfide) groups is 1. The Kier molecular flexibility index (Phi) is 6.71. The van der Waals surface area contributed by atoms with Crippen LogP contribution in [0.15, 0.2) is 11.1 Å². The van der Waals surface area contributed by atoms with Gasteiger partial charge in [0.05, 0.1) is 6.61 Å². The standard InChI is InChI=1S/C10H15ClN2O2S/c1-3-15-7-9-12-8(11)6-10(13-9)16-5-4-14-2/h6H,3-5,7H2,1-2H3. The number of rotatable bonds is 7. The second-order valence-electron chi connectivity index (χ2n) is 2.92. The molecule has 1 heterocycles. The summed E-state index contributed by atoms with van der Waals surface area (Å²) in [4.78, 5) is 8.41. The van der Waals surface area contributed by atoms with Crippen LogP contribution in [0.4, 0.5) is 0 Å². The number of methoxy groups -OCH3 is 1. The van der Waals surface area contributed by atoms with E-state index >= 15 is 0 Å². The van der Waals surface area contributed by atoms with E-state index in [9.17, 15) is 0 Å². The van der Waals surface area contributed by atoms with Gasteiger partial charge >= 0.3 is 0 Å². The molecule has 0 aromatic carbocycles. The molecule has 0 fully saturated rings. The molecule has 0 atom stereocenters. The summed E-state index contributed by atoms with van der Waals surface area (Å²) >= 11 is 7.48. The van der Waals surface area contributed by atoms with Crippen molar-refractivity contribution < 1.29 is 9.47 Å². The lowest BCUT2D eigenvalue weighted by Crippen LogP contribution is -2.01. The quantitative estimate of drug-likeness (QED) is 0.429. The first-order valence-corrected chi connectivity index (χ1v) is 6.35. The van der Waals surface area contributed by atoms with Crippen molar-refractivity contribution in [1.29, 1.82) is 0 Å². The van der Waals surface area contributed by atoms with E-state index in [-0.39, 0.29) is 0 Å². The topological polar surface area (TPSA) is 44.2 Å². The lowest BCUT2D eigenvalue weighted by Gasteiger charge is -2.04. The SMILES string of the molecule is CCOCc1nc(Cl)cc(SCCOC)n1. The molecule has 1 aromatic heterocycles. The lowest BCUT2D eigenvalue weighted by molar-refractivity contribution is 0.128. The Balaban J connectivity index is 2.58. The van der Waals surface area contributed by atoms with Crippen LogP contribution in [-0.2, 0) is 16.1 Å². The van der Waals surface area contributed by atoms with Gasteiger partial charge in [-0.1, -0.05) is 11.6 Å². The van der Waals surface area contributed by atoms with Gasteiger partial charge < -0.3 is 9.47 Å². The van der Waals surface area contributed by atoms with E-state index in [2.05, 4.69) is 9.97 Å². The van der Waals surface area contributed by atoms with E-state index in [1.165, 1.54) is 0 Å². The predicted octanol–water partition coefficient (Wildman–Crippen LogP) is 2.41. The minimum atomic E-state index is 0.398. The van der Waals surface area contributed by atoms with Gasteiger partial charge in [-0.3, -0.25) is 0 Å². The third-order valence-electron chi connectivity index (χ3n) is 1.69. The normalized spacial score (nSPS) is 10.7. The van der Waals surface area contributed by atoms with Gasteiger partial charge in [0, 0.05) is 25.5 Å². The Labute approximate surface area is 105 Å². The molecule has 0 saturated heterocycles. The molecule has 1 rings (SSSR count). The van der Waals surface area contributed by atoms with Crippen LogP contribution >= 0.6 is 23.4 Å². The zero-order valence-corrected chi connectivity index (χ0v) is 11.0. The summed E-state index contributed by atoms with van der Waals surface area (Å²) in [6, 6.07) is 1.75. The minimum Gasteiger partial charge on any atom is -0.384 e. The van der Waals surface area contributed by atoms with Gasteiger partial charge in [-0.05, 0) is 6.92 Å². The van der Waals surface area contributed by atoms with Gasteiger partial charge in [-0.2, -0.15) is 0 Å². The van der Waals surface area contributed by atoms with Crippen LogP contribution in [0.2, 0.25) is 5.15 Å². The maximum absolute atomic E-state index is 5.89. The highest BCUT2D eigenvalue weighted by Gasteiger charge is 2.03. The van der Waals surface area contributed by atoms with Gasteiger partial charge in [0.15, 0.2) is 5.82 Å². The minimum absolute atomic E-state index is 0.398. The first kappa shape index (κ1) is 13.7. The highest BCUT2D eigenvalue weighted by Crippen LogP contribution is 2.18. The third-order valence-corrected chi connectivity index (χ3v) is 2.76. The van der Waals surface area contributed by atoms with Crippen LogP contribution in [0, 0.1) is 0 Å². The van der Waals surface area contributed by atoms with Gasteiger partial charge in [0.1, 0.15) is 16.8 Å². The Morgan fingerprint density at radius 3 is 2.94 bits per heavy atom. The van der Waals surface area contributed by atoms with E-state index in [0.717, 1.165) is 10.8 Å². The van der Waals surface area contributed by atoms with Gasteiger partial charge in [0.25, 0.3) is 0 Å². The van der Waals surface area contributed by atoms with Gasteiger partial charge in [-0.25, -0.2) is 9.97 Å². The van der Waals surface area contributed by atoms with E-state index in [1.807, 2.05) is 6.92 Å². The highest BCUT2D eigenvalue weighted by atomic mass is 35.5. The molecule has 6 heteroatoms. The molecule has 1 aromatic rings. The Morgan fingerprint density at radius 2 is 2.25 bits per heavy atom. The molecule has 0 radical (unpaired) electrons. The molecule has 0 aliphatic rings. The Morgan fingerprint density at radius 1 is 1.44 bits per heavy atom. The van der Waals surface area contributed by atoms with Crippen molar-refractivity contribution in [2.24, 2.45) is 0 Å². The van der Waals surface area contributed by atoms with Crippen molar-refractivity contribution in [3.63, 3.8) is 0 Å². The molecule has 0 aliphatic carbocycles. The van der Waals surface area contributed by atoms with Gasteiger partial charge in [-0.15, -0.1) is 11.8 Å². The molecule has 0 aliphatic heterocycles. The van der Waals surface area contributed by atoms with Crippen LogP contribution in [0.5, 0.6) is 0 Å². The van der Waals surface area contributed by atoms with E-state index < -0.39 is 0 Å². The van der Waals surface area contributed by atoms with Crippen molar-refractivity contribution in [1.82, 2.24) is 9.97 Å². The third kappa shape index (κ3) is 5.12. The molecule has 0 amide bonds. The zero-order valence-electron chi connectivity index (χ0n) is 9.40. The predicted molar refractivity (Wildman–Crippen MR) is 65.0 cm³/mol. The summed E-state index contributed by atoms with van der Waals surface area (Å²) in [5, 5.41) is 1.30. The van der Waals surface area contributed by atoms with Crippen molar-refractivity contribution in [2.45, 2.75) is 18.6 Å². The molecule has 90 valence electrons. The van der Waals surface area contributed by atoms with Crippen LogP contribution < -0.4 is 0 Å². The molecule has 0 N–H and O–H groups in total. The summed E-state index contributed by atoms with van der Waals surface area (Å²) in [5.41, 5.74) is 0. The molecule has 4 nitrogen and oxygen atoms in total. The molecular formula is C10H15ClN2O2S. The summed E-state index contributed by atoms with van der Waals surface area (Å²) in [7, 11) is 1.67. The smallest absolute Gasteiger partial charge is 0.156 e. The molecular weight excluding hydrogens is 248 g/mol. The summed E-state index contributed by atoms with van der Waals surface area (Å²) in [5.74, 6) is 1.46. The van der Waals surface area contributed by atoms with Crippen LogP contribution in [-0.4, -0.2) is 36.0 Å². The maximum atomic E-state index is 5.89. The number of halogens is 1. The van der Waals surface area contributed by atoms with E-state index in [0.29, 0.717) is 30.8 Å². The van der Waals surface area contributed by atoms with E-state index in [1.54, 1.807) is 24.9 Å². The average Bonchev–Trinajstić information content (AvgIpc) is 2.26. The maximum Gasteiger partial charge on any atom is 0.156 e. The van der Waals surface area contributed by atoms with Crippen LogP contribution in [0.25, 0.3) is 0 Å². The zero-order chi connectivity index (χ0) is 11.8. The summed E-state index contributed by atoms with van der Waals surface area (Å²) in [6.45, 7) is 3.66. The number of aromatic nitrogens is 2. The van der Waals surface area contributed by atoms with Crippen molar-refractivity contribution >= 4 is 23.4 Å². The van der Waals surface area contributed by atoms with Crippen LogP contribution in [0.3, 0.4) is 0 Å². The average molecular weight is 263 g/mol. The fourth-order valence-electron chi connectivity index (χ4n) is 1.00. The Hall–Kier alpha value is -0.360. The molecule has 0 unspecified atom stereocenters. The molecule has 0 spiro atoms. The number of hydrogen-bond donors (Lipinski definition) is 0. The number of nitrogens with zero attached hydrogens (tertiary/aromatic N) is 2. The monoisotopic (exact) mass is 262 g/mol. The van der Waals surface area contributed by atoms with Crippen LogP contribution in [0.1, 0.15) is 12.7 Å². The number of ether oxygens (including phenoxy) is 2. The lowest BCUT2D eigenvalue weighted by atomic mass is 10.6. The second-order valence-corrected chi connectivity index (χ2v) is 4.43.